The molecule has 2 aromatic carbocycles. The van der Waals surface area contributed by atoms with E-state index in [0.29, 0.717) is 28.2 Å². The van der Waals surface area contributed by atoms with E-state index in [4.69, 9.17) is 16.3 Å². The number of halogens is 1. The van der Waals surface area contributed by atoms with Gasteiger partial charge in [0.2, 0.25) is 11.8 Å². The van der Waals surface area contributed by atoms with Gasteiger partial charge in [-0.1, -0.05) is 53.7 Å². The lowest BCUT2D eigenvalue weighted by atomic mass is 10.1. The molecule has 1 heterocycles. The number of thioether (sulfide) groups is 1. The number of aromatic nitrogens is 3. The summed E-state index contributed by atoms with van der Waals surface area (Å²) in [6.45, 7) is 6.07. The number of anilines is 1. The van der Waals surface area contributed by atoms with Gasteiger partial charge in [-0.05, 0) is 36.8 Å². The largest absolute Gasteiger partial charge is 0.497 e. The molecule has 0 aliphatic carbocycles. The second-order valence-corrected chi connectivity index (χ2v) is 8.72. The highest BCUT2D eigenvalue weighted by Gasteiger charge is 2.20. The Morgan fingerprint density at radius 2 is 1.91 bits per heavy atom. The van der Waals surface area contributed by atoms with Gasteiger partial charge in [0.15, 0.2) is 11.0 Å². The monoisotopic (exact) mass is 499 g/mol. The number of ether oxygens (including phenoxy) is 1. The minimum atomic E-state index is -0.385. The SMILES string of the molecule is C=CCn1c(SCC(=O)Nc2ccccc2Cl)nnc1[C@@H](C)NC(=O)Cc1ccc(OC)cc1. The van der Waals surface area contributed by atoms with Crippen LogP contribution in [0.4, 0.5) is 5.69 Å². The van der Waals surface area contributed by atoms with Crippen LogP contribution in [-0.4, -0.2) is 39.4 Å². The van der Waals surface area contributed by atoms with Gasteiger partial charge in [-0.3, -0.25) is 9.59 Å². The summed E-state index contributed by atoms with van der Waals surface area (Å²) >= 11 is 7.34. The van der Waals surface area contributed by atoms with Crippen molar-refractivity contribution in [3.8, 4) is 5.75 Å². The third-order valence-electron chi connectivity index (χ3n) is 4.83. The van der Waals surface area contributed by atoms with Gasteiger partial charge in [-0.15, -0.1) is 16.8 Å². The summed E-state index contributed by atoms with van der Waals surface area (Å²) in [5.41, 5.74) is 1.43. The number of para-hydroxylation sites is 1. The highest BCUT2D eigenvalue weighted by molar-refractivity contribution is 7.99. The van der Waals surface area contributed by atoms with Crippen molar-refractivity contribution in [3.63, 3.8) is 0 Å². The number of carbonyl (C=O) groups excluding carboxylic acids is 2. The first-order chi connectivity index (χ1) is 16.4. The number of benzene rings is 2. The van der Waals surface area contributed by atoms with E-state index >= 15 is 0 Å². The third kappa shape index (κ3) is 6.85. The number of nitrogens with zero attached hydrogens (tertiary/aromatic N) is 3. The Labute approximate surface area is 207 Å². The summed E-state index contributed by atoms with van der Waals surface area (Å²) in [4.78, 5) is 24.9. The van der Waals surface area contributed by atoms with Crippen LogP contribution < -0.4 is 15.4 Å². The number of allylic oxidation sites excluding steroid dienone is 1. The number of carbonyl (C=O) groups is 2. The summed E-state index contributed by atoms with van der Waals surface area (Å²) in [6, 6.07) is 14.0. The zero-order valence-corrected chi connectivity index (χ0v) is 20.5. The first-order valence-corrected chi connectivity index (χ1v) is 11.9. The van der Waals surface area contributed by atoms with Crippen molar-refractivity contribution in [2.24, 2.45) is 0 Å². The van der Waals surface area contributed by atoms with Crippen LogP contribution in [0.15, 0.2) is 66.3 Å². The lowest BCUT2D eigenvalue weighted by Crippen LogP contribution is -2.30. The molecule has 0 saturated heterocycles. The maximum Gasteiger partial charge on any atom is 0.234 e. The van der Waals surface area contributed by atoms with E-state index in [9.17, 15) is 9.59 Å². The van der Waals surface area contributed by atoms with Gasteiger partial charge in [-0.2, -0.15) is 0 Å². The van der Waals surface area contributed by atoms with E-state index in [1.54, 1.807) is 37.5 Å². The molecule has 1 atom stereocenters. The maximum absolute atomic E-state index is 12.6. The predicted octanol–water partition coefficient (Wildman–Crippen LogP) is 4.28. The van der Waals surface area contributed by atoms with E-state index < -0.39 is 0 Å². The molecule has 2 amide bonds. The van der Waals surface area contributed by atoms with Crippen molar-refractivity contribution < 1.29 is 14.3 Å². The third-order valence-corrected chi connectivity index (χ3v) is 6.12. The molecule has 0 bridgehead atoms. The fourth-order valence-electron chi connectivity index (χ4n) is 3.19. The van der Waals surface area contributed by atoms with Crippen LogP contribution in [-0.2, 0) is 22.6 Å². The lowest BCUT2D eigenvalue weighted by molar-refractivity contribution is -0.121. The van der Waals surface area contributed by atoms with Gasteiger partial charge in [-0.25, -0.2) is 0 Å². The molecule has 0 radical (unpaired) electrons. The smallest absolute Gasteiger partial charge is 0.234 e. The predicted molar refractivity (Wildman–Crippen MR) is 134 cm³/mol. The normalized spacial score (nSPS) is 11.5. The molecular formula is C24H26ClN5O3S. The molecule has 3 aromatic rings. The molecule has 10 heteroatoms. The Kier molecular flexibility index (Phi) is 9.12. The summed E-state index contributed by atoms with van der Waals surface area (Å²) in [5.74, 6) is 1.09. The highest BCUT2D eigenvalue weighted by atomic mass is 35.5. The number of hydrogen-bond acceptors (Lipinski definition) is 6. The molecule has 0 aliphatic heterocycles. The molecule has 3 rings (SSSR count). The van der Waals surface area contributed by atoms with Crippen LogP contribution in [0.3, 0.4) is 0 Å². The van der Waals surface area contributed by atoms with Gasteiger partial charge < -0.3 is 19.9 Å². The second kappa shape index (κ2) is 12.2. The molecule has 1 aromatic heterocycles. The van der Waals surface area contributed by atoms with Crippen molar-refractivity contribution in [2.75, 3.05) is 18.2 Å². The fourth-order valence-corrected chi connectivity index (χ4v) is 4.13. The van der Waals surface area contributed by atoms with Gasteiger partial charge in [0, 0.05) is 6.54 Å². The standard InChI is InChI=1S/C24H26ClN5O3S/c1-4-13-30-23(16(2)26-21(31)14-17-9-11-18(33-3)12-10-17)28-29-24(30)34-15-22(32)27-20-8-6-5-7-19(20)25/h4-12,16H,1,13-15H2,2-3H3,(H,26,31)(H,27,32)/t16-/m1/s1. The maximum atomic E-state index is 12.6. The van der Waals surface area contributed by atoms with Gasteiger partial charge in [0.25, 0.3) is 0 Å². The summed E-state index contributed by atoms with van der Waals surface area (Å²) in [5, 5.41) is 15.2. The second-order valence-electron chi connectivity index (χ2n) is 7.37. The van der Waals surface area contributed by atoms with E-state index in [-0.39, 0.29) is 30.0 Å². The Bertz CT molecular complexity index is 1150. The van der Waals surface area contributed by atoms with E-state index in [2.05, 4.69) is 27.4 Å². The molecule has 0 saturated carbocycles. The molecule has 8 nitrogen and oxygen atoms in total. The van der Waals surface area contributed by atoms with Crippen molar-refractivity contribution in [2.45, 2.75) is 31.1 Å². The Hall–Kier alpha value is -3.30. The van der Waals surface area contributed by atoms with E-state index in [1.807, 2.05) is 35.8 Å². The van der Waals surface area contributed by atoms with Crippen molar-refractivity contribution in [3.05, 3.63) is 77.6 Å². The lowest BCUT2D eigenvalue weighted by Gasteiger charge is -2.15. The van der Waals surface area contributed by atoms with Crippen molar-refractivity contribution in [1.29, 1.82) is 0 Å². The molecule has 0 aliphatic rings. The van der Waals surface area contributed by atoms with Crippen molar-refractivity contribution in [1.82, 2.24) is 20.1 Å². The number of nitrogens with one attached hydrogen (secondary N) is 2. The molecule has 178 valence electrons. The topological polar surface area (TPSA) is 98.1 Å². The quantitative estimate of drug-likeness (QED) is 0.302. The van der Waals surface area contributed by atoms with E-state index in [1.165, 1.54) is 11.8 Å². The van der Waals surface area contributed by atoms with Gasteiger partial charge in [0.1, 0.15) is 5.75 Å². The number of rotatable bonds is 11. The summed E-state index contributed by atoms with van der Waals surface area (Å²) in [7, 11) is 1.60. The van der Waals surface area contributed by atoms with E-state index in [0.717, 1.165) is 11.3 Å². The van der Waals surface area contributed by atoms with Gasteiger partial charge >= 0.3 is 0 Å². The first kappa shape index (κ1) is 25.3. The first-order valence-electron chi connectivity index (χ1n) is 10.5. The van der Waals surface area contributed by atoms with Crippen LogP contribution in [0.2, 0.25) is 5.02 Å². The molecule has 0 unspecified atom stereocenters. The van der Waals surface area contributed by atoms with Crippen LogP contribution in [0, 0.1) is 0 Å². The number of methoxy groups -OCH3 is 1. The van der Waals surface area contributed by atoms with Crippen LogP contribution in [0.25, 0.3) is 0 Å². The Morgan fingerprint density at radius 1 is 1.18 bits per heavy atom. The van der Waals surface area contributed by atoms with Crippen LogP contribution in [0.1, 0.15) is 24.4 Å². The summed E-state index contributed by atoms with van der Waals surface area (Å²) in [6.07, 6.45) is 1.94. The Balaban J connectivity index is 1.61. The zero-order chi connectivity index (χ0) is 24.5. The minimum Gasteiger partial charge on any atom is -0.497 e. The molecule has 0 fully saturated rings. The molecule has 2 N–H and O–H groups in total. The van der Waals surface area contributed by atoms with Crippen molar-refractivity contribution >= 4 is 40.9 Å². The number of amides is 2. The minimum absolute atomic E-state index is 0.124. The number of hydrogen-bond donors (Lipinski definition) is 2. The zero-order valence-electron chi connectivity index (χ0n) is 19.0. The van der Waals surface area contributed by atoms with Crippen LogP contribution in [0.5, 0.6) is 5.75 Å². The molecule has 0 spiro atoms. The summed E-state index contributed by atoms with van der Waals surface area (Å²) < 4.78 is 6.98. The average Bonchev–Trinajstić information content (AvgIpc) is 3.22. The van der Waals surface area contributed by atoms with Gasteiger partial charge in [0.05, 0.1) is 36.0 Å². The highest BCUT2D eigenvalue weighted by Crippen LogP contribution is 2.23. The molecule has 34 heavy (non-hydrogen) atoms. The average molecular weight is 500 g/mol. The Morgan fingerprint density at radius 3 is 2.59 bits per heavy atom. The fraction of sp³-hybridized carbons (Fsp3) is 0.250. The molecular weight excluding hydrogens is 474 g/mol. The van der Waals surface area contributed by atoms with Crippen LogP contribution >= 0.6 is 23.4 Å².